The van der Waals surface area contributed by atoms with Crippen LogP contribution in [0.2, 0.25) is 0 Å². The third kappa shape index (κ3) is 4.16. The van der Waals surface area contributed by atoms with Crippen LogP contribution in [-0.4, -0.2) is 33.9 Å². The van der Waals surface area contributed by atoms with Gasteiger partial charge in [0, 0.05) is 24.5 Å². The average Bonchev–Trinajstić information content (AvgIpc) is 2.63. The number of amides is 2. The van der Waals surface area contributed by atoms with Crippen LogP contribution in [0.5, 0.6) is 0 Å². The topological polar surface area (TPSA) is 84.0 Å². The van der Waals surface area contributed by atoms with E-state index in [2.05, 4.69) is 20.6 Å². The van der Waals surface area contributed by atoms with Crippen LogP contribution in [0.25, 0.3) is 0 Å². The molecule has 1 aliphatic rings. The Balaban J connectivity index is 1.55. The highest BCUT2D eigenvalue weighted by Gasteiger charge is 2.25. The molecule has 0 spiro atoms. The Hall–Kier alpha value is -2.76. The predicted molar refractivity (Wildman–Crippen MR) is 89.5 cm³/mol. The standard InChI is InChI=1S/C18H20N4O2/c23-17(15-8-1-3-10-19-15)21-13-6-5-7-14(12-13)22-18(24)16-9-2-4-11-20-16/h1-4,8-11,13-14H,5-7,12H2,(H,21,23)(H,22,24)/t13-,14-/m0/s1. The number of carbonyl (C=O) groups excluding carboxylic acids is 2. The zero-order chi connectivity index (χ0) is 16.8. The maximum atomic E-state index is 12.2. The van der Waals surface area contributed by atoms with Gasteiger partial charge >= 0.3 is 0 Å². The Morgan fingerprint density at radius 1 is 0.833 bits per heavy atom. The monoisotopic (exact) mass is 324 g/mol. The normalized spacial score (nSPS) is 20.2. The predicted octanol–water partition coefficient (Wildman–Crippen LogP) is 1.95. The molecule has 6 heteroatoms. The maximum absolute atomic E-state index is 12.2. The average molecular weight is 324 g/mol. The molecular weight excluding hydrogens is 304 g/mol. The van der Waals surface area contributed by atoms with E-state index in [0.29, 0.717) is 11.4 Å². The third-order valence-corrected chi connectivity index (χ3v) is 4.14. The van der Waals surface area contributed by atoms with Crippen molar-refractivity contribution in [2.75, 3.05) is 0 Å². The summed E-state index contributed by atoms with van der Waals surface area (Å²) >= 11 is 0. The van der Waals surface area contributed by atoms with Gasteiger partial charge in [0.25, 0.3) is 11.8 Å². The number of hydrogen-bond acceptors (Lipinski definition) is 4. The van der Waals surface area contributed by atoms with Crippen LogP contribution in [-0.2, 0) is 0 Å². The van der Waals surface area contributed by atoms with E-state index in [4.69, 9.17) is 0 Å². The van der Waals surface area contributed by atoms with Crippen LogP contribution in [0.15, 0.2) is 48.8 Å². The van der Waals surface area contributed by atoms with Crippen molar-refractivity contribution in [3.05, 3.63) is 60.2 Å². The Kier molecular flexibility index (Phi) is 5.15. The second kappa shape index (κ2) is 7.68. The lowest BCUT2D eigenvalue weighted by atomic mass is 9.90. The van der Waals surface area contributed by atoms with E-state index in [0.717, 1.165) is 25.7 Å². The van der Waals surface area contributed by atoms with E-state index in [1.807, 2.05) is 0 Å². The summed E-state index contributed by atoms with van der Waals surface area (Å²) in [7, 11) is 0. The van der Waals surface area contributed by atoms with Crippen LogP contribution in [0, 0.1) is 0 Å². The summed E-state index contributed by atoms with van der Waals surface area (Å²) in [5.74, 6) is -0.338. The van der Waals surface area contributed by atoms with Gasteiger partial charge in [-0.15, -0.1) is 0 Å². The molecule has 0 aliphatic heterocycles. The van der Waals surface area contributed by atoms with Crippen molar-refractivity contribution in [3.8, 4) is 0 Å². The summed E-state index contributed by atoms with van der Waals surface area (Å²) in [6.07, 6.45) is 6.71. The van der Waals surface area contributed by atoms with Gasteiger partial charge in [-0.2, -0.15) is 0 Å². The van der Waals surface area contributed by atoms with E-state index < -0.39 is 0 Å². The van der Waals surface area contributed by atoms with Gasteiger partial charge in [0.15, 0.2) is 0 Å². The van der Waals surface area contributed by atoms with Gasteiger partial charge in [-0.05, 0) is 49.9 Å². The second-order valence-corrected chi connectivity index (χ2v) is 5.94. The van der Waals surface area contributed by atoms with Gasteiger partial charge in [-0.25, -0.2) is 0 Å². The zero-order valence-electron chi connectivity index (χ0n) is 13.3. The first-order chi connectivity index (χ1) is 11.7. The first-order valence-corrected chi connectivity index (χ1v) is 8.16. The molecule has 0 aromatic carbocycles. The number of aromatic nitrogens is 2. The summed E-state index contributed by atoms with van der Waals surface area (Å²) in [5.41, 5.74) is 0.828. The van der Waals surface area contributed by atoms with Gasteiger partial charge in [0.2, 0.25) is 0 Å². The van der Waals surface area contributed by atoms with Crippen molar-refractivity contribution < 1.29 is 9.59 Å². The molecule has 0 saturated heterocycles. The summed E-state index contributed by atoms with van der Waals surface area (Å²) in [6.45, 7) is 0. The van der Waals surface area contributed by atoms with E-state index in [9.17, 15) is 9.59 Å². The van der Waals surface area contributed by atoms with Crippen molar-refractivity contribution in [2.45, 2.75) is 37.8 Å². The Morgan fingerprint density at radius 3 is 1.75 bits per heavy atom. The Bertz CT molecular complexity index is 631. The number of pyridine rings is 2. The molecule has 1 fully saturated rings. The molecular formula is C18H20N4O2. The largest absolute Gasteiger partial charge is 0.348 e. The van der Waals surface area contributed by atoms with Crippen LogP contribution in [0.1, 0.15) is 46.7 Å². The van der Waals surface area contributed by atoms with Crippen molar-refractivity contribution in [2.24, 2.45) is 0 Å². The molecule has 2 heterocycles. The molecule has 2 aromatic rings. The molecule has 2 amide bonds. The molecule has 0 radical (unpaired) electrons. The van der Waals surface area contributed by atoms with Crippen molar-refractivity contribution in [3.63, 3.8) is 0 Å². The fourth-order valence-corrected chi connectivity index (χ4v) is 2.96. The van der Waals surface area contributed by atoms with Gasteiger partial charge < -0.3 is 10.6 Å². The second-order valence-electron chi connectivity index (χ2n) is 5.94. The minimum absolute atomic E-state index is 0.0438. The van der Waals surface area contributed by atoms with E-state index in [1.54, 1.807) is 48.8 Å². The summed E-state index contributed by atoms with van der Waals surface area (Å²) in [5, 5.41) is 6.02. The van der Waals surface area contributed by atoms with Crippen molar-refractivity contribution in [1.29, 1.82) is 0 Å². The lowest BCUT2D eigenvalue weighted by Crippen LogP contribution is -2.46. The van der Waals surface area contributed by atoms with Gasteiger partial charge in [-0.3, -0.25) is 19.6 Å². The number of nitrogens with one attached hydrogen (secondary N) is 2. The van der Waals surface area contributed by atoms with Crippen LogP contribution >= 0.6 is 0 Å². The highest BCUT2D eigenvalue weighted by atomic mass is 16.2. The first kappa shape index (κ1) is 16.1. The molecule has 2 aromatic heterocycles. The molecule has 3 rings (SSSR count). The maximum Gasteiger partial charge on any atom is 0.270 e. The van der Waals surface area contributed by atoms with Crippen molar-refractivity contribution >= 4 is 11.8 Å². The SMILES string of the molecule is O=C(N[C@H]1CCC[C@H](NC(=O)c2ccccn2)C1)c1ccccn1. The fraction of sp³-hybridized carbons (Fsp3) is 0.333. The minimum Gasteiger partial charge on any atom is -0.348 e. The van der Waals surface area contributed by atoms with Crippen LogP contribution in [0.3, 0.4) is 0 Å². The highest BCUT2D eigenvalue weighted by molar-refractivity contribution is 5.93. The number of carbonyl (C=O) groups is 2. The van der Waals surface area contributed by atoms with Gasteiger partial charge in [0.1, 0.15) is 11.4 Å². The molecule has 6 nitrogen and oxygen atoms in total. The van der Waals surface area contributed by atoms with E-state index >= 15 is 0 Å². The Labute approximate surface area is 140 Å². The molecule has 2 atom stereocenters. The lowest BCUT2D eigenvalue weighted by molar-refractivity contribution is 0.0897. The van der Waals surface area contributed by atoms with Gasteiger partial charge in [0.05, 0.1) is 0 Å². The molecule has 0 bridgehead atoms. The third-order valence-electron chi connectivity index (χ3n) is 4.14. The molecule has 0 unspecified atom stereocenters. The first-order valence-electron chi connectivity index (χ1n) is 8.16. The molecule has 24 heavy (non-hydrogen) atoms. The smallest absolute Gasteiger partial charge is 0.270 e. The zero-order valence-corrected chi connectivity index (χ0v) is 13.3. The molecule has 124 valence electrons. The number of rotatable bonds is 4. The summed E-state index contributed by atoms with van der Waals surface area (Å²) in [4.78, 5) is 32.5. The van der Waals surface area contributed by atoms with E-state index in [-0.39, 0.29) is 23.9 Å². The summed E-state index contributed by atoms with van der Waals surface area (Å²) < 4.78 is 0. The lowest BCUT2D eigenvalue weighted by Gasteiger charge is -2.30. The number of hydrogen-bond donors (Lipinski definition) is 2. The van der Waals surface area contributed by atoms with Gasteiger partial charge in [-0.1, -0.05) is 12.1 Å². The fourth-order valence-electron chi connectivity index (χ4n) is 2.96. The minimum atomic E-state index is -0.169. The van der Waals surface area contributed by atoms with Crippen LogP contribution < -0.4 is 10.6 Å². The number of nitrogens with zero attached hydrogens (tertiary/aromatic N) is 2. The molecule has 1 aliphatic carbocycles. The highest BCUT2D eigenvalue weighted by Crippen LogP contribution is 2.19. The van der Waals surface area contributed by atoms with Crippen molar-refractivity contribution in [1.82, 2.24) is 20.6 Å². The quantitative estimate of drug-likeness (QED) is 0.900. The van der Waals surface area contributed by atoms with Crippen LogP contribution in [0.4, 0.5) is 0 Å². The Morgan fingerprint density at radius 2 is 1.33 bits per heavy atom. The van der Waals surface area contributed by atoms with E-state index in [1.165, 1.54) is 0 Å². The molecule has 1 saturated carbocycles. The molecule has 2 N–H and O–H groups in total. The summed E-state index contributed by atoms with van der Waals surface area (Å²) in [6, 6.07) is 10.6.